The first-order chi connectivity index (χ1) is 14.8. The third-order valence-corrected chi connectivity index (χ3v) is 7.92. The Bertz CT molecular complexity index is 1170. The van der Waals surface area contributed by atoms with E-state index in [4.69, 9.17) is 16.6 Å². The zero-order chi connectivity index (χ0) is 22.3. The molecule has 3 heterocycles. The number of hydrogen-bond acceptors (Lipinski definition) is 5. The Kier molecular flexibility index (Phi) is 6.18. The van der Waals surface area contributed by atoms with E-state index in [1.807, 2.05) is 24.1 Å². The number of aromatic nitrogens is 2. The summed E-state index contributed by atoms with van der Waals surface area (Å²) >= 11 is 11.0. The zero-order valence-electron chi connectivity index (χ0n) is 16.9. The minimum atomic E-state index is -0.488. The average Bonchev–Trinajstić information content (AvgIpc) is 3.33. The summed E-state index contributed by atoms with van der Waals surface area (Å²) in [5, 5.41) is 14.2. The second-order valence-electron chi connectivity index (χ2n) is 7.62. The number of nitrogens with zero attached hydrogens (tertiary/aromatic N) is 3. The summed E-state index contributed by atoms with van der Waals surface area (Å²) in [6.07, 6.45) is 1.67. The molecular weight excluding hydrogens is 504 g/mol. The molecule has 0 saturated carbocycles. The highest BCUT2D eigenvalue weighted by atomic mass is 79.9. The van der Waals surface area contributed by atoms with Crippen LogP contribution in [0, 0.1) is 24.0 Å². The largest absolute Gasteiger partial charge is 0.361 e. The third kappa shape index (κ3) is 4.26. The van der Waals surface area contributed by atoms with Crippen molar-refractivity contribution in [2.45, 2.75) is 32.6 Å². The maximum atomic E-state index is 13.0. The normalized spacial score (nSPS) is 14.8. The lowest BCUT2D eigenvalue weighted by Crippen LogP contribution is -2.38. The fourth-order valence-corrected chi connectivity index (χ4v) is 5.67. The van der Waals surface area contributed by atoms with E-state index in [1.54, 1.807) is 17.4 Å². The Balaban J connectivity index is 1.46. The molecule has 2 aromatic heterocycles. The lowest BCUT2D eigenvalue weighted by Gasteiger charge is -2.31. The predicted octanol–water partition coefficient (Wildman–Crippen LogP) is 6.10. The number of carbonyl (C=O) groups excluding carboxylic acids is 1. The molecule has 0 spiro atoms. The SMILES string of the molecule is Cc1[nH]c(C)c(C(=O)N2CCC(c3nc(-c4ccc(Cl)c([N+](=O)[O-])c4)cs3)CC2)c1Br. The highest BCUT2D eigenvalue weighted by Crippen LogP contribution is 2.36. The highest BCUT2D eigenvalue weighted by Gasteiger charge is 2.29. The van der Waals surface area contributed by atoms with Gasteiger partial charge in [0.1, 0.15) is 5.02 Å². The summed E-state index contributed by atoms with van der Waals surface area (Å²) in [4.78, 5) is 33.5. The molecule has 0 radical (unpaired) electrons. The van der Waals surface area contributed by atoms with E-state index in [9.17, 15) is 14.9 Å². The Labute approximate surface area is 196 Å². The van der Waals surface area contributed by atoms with Gasteiger partial charge in [-0.05, 0) is 48.7 Å². The van der Waals surface area contributed by atoms with Crippen LogP contribution in [-0.4, -0.2) is 38.8 Å². The van der Waals surface area contributed by atoms with Crippen LogP contribution in [-0.2, 0) is 0 Å². The van der Waals surface area contributed by atoms with Crippen molar-refractivity contribution in [3.05, 3.63) is 65.1 Å². The maximum Gasteiger partial charge on any atom is 0.288 e. The van der Waals surface area contributed by atoms with Gasteiger partial charge >= 0.3 is 0 Å². The standard InChI is InChI=1S/C21H20BrClN4O3S/c1-11-18(19(22)12(2)24-11)21(28)26-7-5-13(6-8-26)20-25-16(10-31-20)14-3-4-15(23)17(9-14)27(29)30/h3-4,9-10,13,24H,5-8H2,1-2H3. The molecule has 0 unspecified atom stereocenters. The number of carbonyl (C=O) groups is 1. The van der Waals surface area contributed by atoms with Crippen LogP contribution in [0.15, 0.2) is 28.1 Å². The first kappa shape index (κ1) is 22.0. The molecule has 1 aromatic carbocycles. The van der Waals surface area contributed by atoms with Gasteiger partial charge in [-0.25, -0.2) is 4.98 Å². The molecular formula is C21H20BrClN4O3S. The number of hydrogen-bond donors (Lipinski definition) is 1. The topological polar surface area (TPSA) is 92.1 Å². The van der Waals surface area contributed by atoms with Crippen molar-refractivity contribution in [3.8, 4) is 11.3 Å². The van der Waals surface area contributed by atoms with E-state index in [0.717, 1.165) is 33.7 Å². The number of benzene rings is 1. The number of halogens is 2. The second-order valence-corrected chi connectivity index (χ2v) is 9.71. The van der Waals surface area contributed by atoms with E-state index in [1.165, 1.54) is 12.1 Å². The Morgan fingerprint density at radius 3 is 2.65 bits per heavy atom. The number of amides is 1. The number of rotatable bonds is 4. The molecule has 31 heavy (non-hydrogen) atoms. The molecule has 1 aliphatic rings. The van der Waals surface area contributed by atoms with Gasteiger partial charge in [0.25, 0.3) is 11.6 Å². The van der Waals surface area contributed by atoms with Crippen molar-refractivity contribution in [1.82, 2.24) is 14.9 Å². The minimum Gasteiger partial charge on any atom is -0.361 e. The van der Waals surface area contributed by atoms with E-state index >= 15 is 0 Å². The fourth-order valence-electron chi connectivity index (χ4n) is 3.91. The highest BCUT2D eigenvalue weighted by molar-refractivity contribution is 9.10. The van der Waals surface area contributed by atoms with Gasteiger partial charge in [-0.1, -0.05) is 17.7 Å². The van der Waals surface area contributed by atoms with Crippen molar-refractivity contribution in [1.29, 1.82) is 0 Å². The molecule has 3 aromatic rings. The van der Waals surface area contributed by atoms with E-state index in [2.05, 4.69) is 20.9 Å². The Hall–Kier alpha value is -2.23. The van der Waals surface area contributed by atoms with Crippen LogP contribution in [0.1, 0.15) is 45.5 Å². The predicted molar refractivity (Wildman–Crippen MR) is 125 cm³/mol. The number of aromatic amines is 1. The molecule has 1 fully saturated rings. The number of H-pyrrole nitrogens is 1. The summed E-state index contributed by atoms with van der Waals surface area (Å²) in [6.45, 7) is 5.19. The first-order valence-corrected chi connectivity index (χ1v) is 11.8. The third-order valence-electron chi connectivity index (χ3n) is 5.60. The quantitative estimate of drug-likeness (QED) is 0.330. The summed E-state index contributed by atoms with van der Waals surface area (Å²) in [7, 11) is 0. The Morgan fingerprint density at radius 2 is 2.03 bits per heavy atom. The molecule has 4 rings (SSSR count). The lowest BCUT2D eigenvalue weighted by atomic mass is 9.97. The Morgan fingerprint density at radius 1 is 1.32 bits per heavy atom. The van der Waals surface area contributed by atoms with Gasteiger partial charge in [0.05, 0.1) is 25.7 Å². The lowest BCUT2D eigenvalue weighted by molar-refractivity contribution is -0.384. The van der Waals surface area contributed by atoms with Gasteiger partial charge in [-0.2, -0.15) is 0 Å². The molecule has 162 valence electrons. The van der Waals surface area contributed by atoms with E-state index in [-0.39, 0.29) is 22.5 Å². The molecule has 7 nitrogen and oxygen atoms in total. The summed E-state index contributed by atoms with van der Waals surface area (Å²) in [6, 6.07) is 4.73. The van der Waals surface area contributed by atoms with Gasteiger partial charge in [0, 0.05) is 47.4 Å². The van der Waals surface area contributed by atoms with Crippen molar-refractivity contribution < 1.29 is 9.72 Å². The monoisotopic (exact) mass is 522 g/mol. The molecule has 1 N–H and O–H groups in total. The maximum absolute atomic E-state index is 13.0. The molecule has 1 aliphatic heterocycles. The molecule has 10 heteroatoms. The number of likely N-dealkylation sites (tertiary alicyclic amines) is 1. The van der Waals surface area contributed by atoms with Crippen molar-refractivity contribution in [3.63, 3.8) is 0 Å². The molecule has 0 atom stereocenters. The van der Waals surface area contributed by atoms with Gasteiger partial charge < -0.3 is 9.88 Å². The molecule has 0 aliphatic carbocycles. The van der Waals surface area contributed by atoms with Crippen LogP contribution in [0.25, 0.3) is 11.3 Å². The van der Waals surface area contributed by atoms with Crippen LogP contribution < -0.4 is 0 Å². The number of nitro groups is 1. The summed E-state index contributed by atoms with van der Waals surface area (Å²) in [5.74, 6) is 0.308. The number of aryl methyl sites for hydroxylation is 2. The second kappa shape index (κ2) is 8.72. The van der Waals surface area contributed by atoms with Crippen LogP contribution in [0.4, 0.5) is 5.69 Å². The van der Waals surface area contributed by atoms with Crippen molar-refractivity contribution >= 4 is 50.5 Å². The molecule has 1 saturated heterocycles. The number of nitro benzene ring substituents is 1. The van der Waals surface area contributed by atoms with E-state index < -0.39 is 4.92 Å². The van der Waals surface area contributed by atoms with Crippen molar-refractivity contribution in [2.24, 2.45) is 0 Å². The number of piperidine rings is 1. The van der Waals surface area contributed by atoms with Crippen molar-refractivity contribution in [2.75, 3.05) is 13.1 Å². The average molecular weight is 524 g/mol. The summed E-state index contributed by atoms with van der Waals surface area (Å²) < 4.78 is 0.832. The van der Waals surface area contributed by atoms with Gasteiger partial charge in [0.2, 0.25) is 0 Å². The van der Waals surface area contributed by atoms with E-state index in [0.29, 0.717) is 29.9 Å². The number of thiazole rings is 1. The number of nitrogens with one attached hydrogen (secondary N) is 1. The summed E-state index contributed by atoms with van der Waals surface area (Å²) in [5.41, 5.74) is 3.79. The zero-order valence-corrected chi connectivity index (χ0v) is 20.1. The van der Waals surface area contributed by atoms with Crippen LogP contribution >= 0.6 is 38.9 Å². The van der Waals surface area contributed by atoms with Crippen LogP contribution in [0.5, 0.6) is 0 Å². The van der Waals surface area contributed by atoms with Gasteiger partial charge in [-0.15, -0.1) is 11.3 Å². The first-order valence-electron chi connectivity index (χ1n) is 9.80. The molecule has 0 bridgehead atoms. The minimum absolute atomic E-state index is 0.0421. The van der Waals surface area contributed by atoms with Crippen LogP contribution in [0.2, 0.25) is 5.02 Å². The molecule has 1 amide bonds. The van der Waals surface area contributed by atoms with Gasteiger partial charge in [0.15, 0.2) is 0 Å². The van der Waals surface area contributed by atoms with Crippen LogP contribution in [0.3, 0.4) is 0 Å². The van der Waals surface area contributed by atoms with Gasteiger partial charge in [-0.3, -0.25) is 14.9 Å². The fraction of sp³-hybridized carbons (Fsp3) is 0.333. The smallest absolute Gasteiger partial charge is 0.288 e.